The van der Waals surface area contributed by atoms with Gasteiger partial charge in [0.2, 0.25) is 5.91 Å². The van der Waals surface area contributed by atoms with E-state index in [1.807, 2.05) is 13.2 Å². The molecule has 0 aromatic heterocycles. The molecule has 0 heterocycles. The number of hydrogen-bond donors (Lipinski definition) is 1. The van der Waals surface area contributed by atoms with Crippen molar-refractivity contribution in [3.8, 4) is 0 Å². The fourth-order valence-corrected chi connectivity index (χ4v) is 2.95. The van der Waals surface area contributed by atoms with Gasteiger partial charge in [0.15, 0.2) is 0 Å². The summed E-state index contributed by atoms with van der Waals surface area (Å²) in [6.45, 7) is 3.43. The predicted molar refractivity (Wildman–Crippen MR) is 65.1 cm³/mol. The Labute approximate surface area is 98.2 Å². The van der Waals surface area contributed by atoms with Crippen molar-refractivity contribution in [3.05, 3.63) is 0 Å². The van der Waals surface area contributed by atoms with Gasteiger partial charge in [-0.25, -0.2) is 4.79 Å². The van der Waals surface area contributed by atoms with Crippen LogP contribution in [0.4, 0.5) is 0 Å². The molecule has 0 aliphatic heterocycles. The molecule has 0 rings (SSSR count). The number of carbonyl (C=O) groups excluding carboxylic acids is 1. The normalized spacial score (nSPS) is 14.4. The van der Waals surface area contributed by atoms with E-state index in [1.165, 1.54) is 40.5 Å². The van der Waals surface area contributed by atoms with E-state index in [1.54, 1.807) is 0 Å². The summed E-state index contributed by atoms with van der Waals surface area (Å²) in [5, 5.41) is 8.62. The molecule has 4 nitrogen and oxygen atoms in total. The average molecular weight is 251 g/mol. The second kappa shape index (κ2) is 7.00. The zero-order valence-electron chi connectivity index (χ0n) is 9.39. The summed E-state index contributed by atoms with van der Waals surface area (Å²) < 4.78 is 0. The summed E-state index contributed by atoms with van der Waals surface area (Å²) in [4.78, 5) is 23.8. The lowest BCUT2D eigenvalue weighted by Gasteiger charge is -2.25. The van der Waals surface area contributed by atoms with E-state index in [0.717, 1.165) is 0 Å². The van der Waals surface area contributed by atoms with Crippen LogP contribution < -0.4 is 0 Å². The molecule has 2 atom stereocenters. The predicted octanol–water partition coefficient (Wildman–Crippen LogP) is 1.71. The van der Waals surface area contributed by atoms with Crippen molar-refractivity contribution in [3.63, 3.8) is 0 Å². The summed E-state index contributed by atoms with van der Waals surface area (Å²) in [7, 11) is 4.53. The van der Waals surface area contributed by atoms with Gasteiger partial charge in [-0.3, -0.25) is 4.79 Å². The van der Waals surface area contributed by atoms with Crippen LogP contribution in [0.1, 0.15) is 20.3 Å². The van der Waals surface area contributed by atoms with E-state index in [0.29, 0.717) is 6.42 Å². The van der Waals surface area contributed by atoms with Crippen LogP contribution in [0.2, 0.25) is 0 Å². The quantitative estimate of drug-likeness (QED) is 0.728. The third kappa shape index (κ3) is 4.34. The highest BCUT2D eigenvalue weighted by Gasteiger charge is 2.27. The molecule has 15 heavy (non-hydrogen) atoms. The Morgan fingerprint density at radius 3 is 2.33 bits per heavy atom. The lowest BCUT2D eigenvalue weighted by atomic mass is 10.2. The van der Waals surface area contributed by atoms with Crippen LogP contribution in [0.25, 0.3) is 0 Å². The third-order valence-electron chi connectivity index (χ3n) is 2.14. The van der Waals surface area contributed by atoms with Crippen LogP contribution in [-0.2, 0) is 9.59 Å². The van der Waals surface area contributed by atoms with Gasteiger partial charge in [-0.05, 0) is 19.6 Å². The summed E-state index contributed by atoms with van der Waals surface area (Å²) in [6, 6.07) is -0.769. The van der Waals surface area contributed by atoms with Crippen molar-refractivity contribution >= 4 is 33.5 Å². The van der Waals surface area contributed by atoms with Gasteiger partial charge in [-0.1, -0.05) is 28.5 Å². The van der Waals surface area contributed by atoms with Gasteiger partial charge in [0.1, 0.15) is 6.04 Å². The standard InChI is InChI=1S/C9H17NO3S2/c1-5-7(15-14-4)8(11)10(3)6(2)9(12)13/h6-7H,5H2,1-4H3,(H,12,13). The molecule has 0 saturated carbocycles. The molecule has 0 fully saturated rings. The van der Waals surface area contributed by atoms with Crippen molar-refractivity contribution in [1.82, 2.24) is 4.90 Å². The zero-order valence-corrected chi connectivity index (χ0v) is 11.0. The Bertz CT molecular complexity index is 235. The lowest BCUT2D eigenvalue weighted by Crippen LogP contribution is -2.44. The van der Waals surface area contributed by atoms with Gasteiger partial charge in [0.25, 0.3) is 0 Å². The molecule has 0 aliphatic rings. The molecule has 0 bridgehead atoms. The molecule has 1 amide bonds. The van der Waals surface area contributed by atoms with Crippen molar-refractivity contribution in [1.29, 1.82) is 0 Å². The molecule has 0 aliphatic carbocycles. The average Bonchev–Trinajstić information content (AvgIpc) is 2.22. The Morgan fingerprint density at radius 1 is 1.47 bits per heavy atom. The van der Waals surface area contributed by atoms with E-state index in [4.69, 9.17) is 5.11 Å². The zero-order chi connectivity index (χ0) is 12.0. The number of aliphatic carboxylic acids is 1. The van der Waals surface area contributed by atoms with Crippen LogP contribution in [0.3, 0.4) is 0 Å². The summed E-state index contributed by atoms with van der Waals surface area (Å²) in [5.74, 6) is -1.10. The first-order chi connectivity index (χ1) is 6.95. The van der Waals surface area contributed by atoms with E-state index in [2.05, 4.69) is 0 Å². The minimum absolute atomic E-state index is 0.119. The molecule has 0 aromatic rings. The van der Waals surface area contributed by atoms with E-state index in [-0.39, 0.29) is 11.2 Å². The van der Waals surface area contributed by atoms with Gasteiger partial charge < -0.3 is 10.0 Å². The Morgan fingerprint density at radius 2 is 2.00 bits per heavy atom. The number of rotatable bonds is 6. The van der Waals surface area contributed by atoms with Crippen molar-refractivity contribution < 1.29 is 14.7 Å². The Hall–Kier alpha value is -0.360. The maximum Gasteiger partial charge on any atom is 0.326 e. The molecule has 0 aromatic carbocycles. The molecule has 6 heteroatoms. The largest absolute Gasteiger partial charge is 0.480 e. The number of amides is 1. The maximum absolute atomic E-state index is 11.8. The number of carbonyl (C=O) groups is 2. The number of nitrogens with zero attached hydrogens (tertiary/aromatic N) is 1. The van der Waals surface area contributed by atoms with Gasteiger partial charge in [0, 0.05) is 7.05 Å². The van der Waals surface area contributed by atoms with Crippen LogP contribution in [-0.4, -0.2) is 46.5 Å². The Balaban J connectivity index is 4.46. The van der Waals surface area contributed by atoms with E-state index < -0.39 is 12.0 Å². The Kier molecular flexibility index (Phi) is 6.84. The number of likely N-dealkylation sites (N-methyl/N-ethyl adjacent to an activating group) is 1. The molecular formula is C9H17NO3S2. The highest BCUT2D eigenvalue weighted by atomic mass is 33.1. The lowest BCUT2D eigenvalue weighted by molar-refractivity contribution is -0.148. The first-order valence-electron chi connectivity index (χ1n) is 4.64. The molecule has 2 unspecified atom stereocenters. The highest BCUT2D eigenvalue weighted by Crippen LogP contribution is 2.27. The number of hydrogen-bond acceptors (Lipinski definition) is 4. The second-order valence-corrected chi connectivity index (χ2v) is 5.80. The fourth-order valence-electron chi connectivity index (χ4n) is 0.984. The van der Waals surface area contributed by atoms with Crippen molar-refractivity contribution in [2.45, 2.75) is 31.6 Å². The SMILES string of the molecule is CCC(SSC)C(=O)N(C)C(C)C(=O)O. The van der Waals surface area contributed by atoms with Gasteiger partial charge in [-0.15, -0.1) is 0 Å². The second-order valence-electron chi connectivity index (χ2n) is 3.12. The monoisotopic (exact) mass is 251 g/mol. The number of carboxylic acids is 1. The highest BCUT2D eigenvalue weighted by molar-refractivity contribution is 8.76. The maximum atomic E-state index is 11.8. The van der Waals surface area contributed by atoms with Crippen LogP contribution in [0.15, 0.2) is 0 Å². The minimum atomic E-state index is -0.977. The summed E-state index contributed by atoms with van der Waals surface area (Å²) in [5.41, 5.74) is 0. The molecule has 1 N–H and O–H groups in total. The minimum Gasteiger partial charge on any atom is -0.480 e. The summed E-state index contributed by atoms with van der Waals surface area (Å²) >= 11 is 0. The summed E-state index contributed by atoms with van der Waals surface area (Å²) in [6.07, 6.45) is 2.61. The van der Waals surface area contributed by atoms with Crippen molar-refractivity contribution in [2.24, 2.45) is 0 Å². The van der Waals surface area contributed by atoms with Gasteiger partial charge in [-0.2, -0.15) is 0 Å². The molecule has 88 valence electrons. The van der Waals surface area contributed by atoms with Crippen molar-refractivity contribution in [2.75, 3.05) is 13.3 Å². The van der Waals surface area contributed by atoms with E-state index >= 15 is 0 Å². The van der Waals surface area contributed by atoms with Crippen LogP contribution in [0, 0.1) is 0 Å². The van der Waals surface area contributed by atoms with Crippen LogP contribution in [0.5, 0.6) is 0 Å². The first kappa shape index (κ1) is 14.6. The van der Waals surface area contributed by atoms with Crippen LogP contribution >= 0.6 is 21.6 Å². The smallest absolute Gasteiger partial charge is 0.326 e. The first-order valence-corrected chi connectivity index (χ1v) is 7.26. The fraction of sp³-hybridized carbons (Fsp3) is 0.778. The molecule has 0 saturated heterocycles. The van der Waals surface area contributed by atoms with E-state index in [9.17, 15) is 9.59 Å². The molecular weight excluding hydrogens is 234 g/mol. The molecule has 0 radical (unpaired) electrons. The number of carboxylic acid groups (broad SMARTS) is 1. The van der Waals surface area contributed by atoms with Gasteiger partial charge >= 0.3 is 5.97 Å². The van der Waals surface area contributed by atoms with Gasteiger partial charge in [0.05, 0.1) is 5.25 Å². The third-order valence-corrected chi connectivity index (χ3v) is 4.38. The topological polar surface area (TPSA) is 57.6 Å². The molecule has 0 spiro atoms.